The van der Waals surface area contributed by atoms with E-state index in [0.29, 0.717) is 5.69 Å². The van der Waals surface area contributed by atoms with E-state index in [1.165, 1.54) is 23.5 Å². The van der Waals surface area contributed by atoms with Crippen LogP contribution in [0.4, 0.5) is 5.69 Å². The molecule has 1 N–H and O–H groups in total. The molecule has 0 atom stereocenters. The van der Waals surface area contributed by atoms with Crippen LogP contribution in [0.2, 0.25) is 0 Å². The molecule has 132 valence electrons. The van der Waals surface area contributed by atoms with E-state index in [2.05, 4.69) is 15.3 Å². The van der Waals surface area contributed by atoms with Crippen LogP contribution in [0.25, 0.3) is 21.8 Å². The molecule has 3 aromatic heterocycles. The molecule has 4 rings (SSSR count). The van der Waals surface area contributed by atoms with Crippen molar-refractivity contribution in [2.24, 2.45) is 0 Å². The topological polar surface area (TPSA) is 85.1 Å². The van der Waals surface area contributed by atoms with Gasteiger partial charge in [-0.1, -0.05) is 12.1 Å². The Kier molecular flexibility index (Phi) is 4.59. The van der Waals surface area contributed by atoms with E-state index < -0.39 is 5.63 Å². The molecular formula is C20H13N3O3S. The Morgan fingerprint density at radius 3 is 2.74 bits per heavy atom. The summed E-state index contributed by atoms with van der Waals surface area (Å²) < 4.78 is 4.72. The zero-order valence-electron chi connectivity index (χ0n) is 14.0. The lowest BCUT2D eigenvalue weighted by molar-refractivity contribution is 0.102. The van der Waals surface area contributed by atoms with E-state index in [1.807, 2.05) is 35.7 Å². The number of nitrogens with zero attached hydrogens (tertiary/aromatic N) is 2. The molecule has 0 spiro atoms. The maximum atomic E-state index is 12.3. The number of anilines is 1. The normalized spacial score (nSPS) is 10.5. The average Bonchev–Trinajstić information content (AvgIpc) is 3.20. The summed E-state index contributed by atoms with van der Waals surface area (Å²) in [5.74, 6) is -0.356. The van der Waals surface area contributed by atoms with Crippen LogP contribution in [0, 0.1) is 0 Å². The van der Waals surface area contributed by atoms with Gasteiger partial charge >= 0.3 is 5.63 Å². The number of nitrogens with one attached hydrogen (secondary N) is 1. The van der Waals surface area contributed by atoms with Crippen LogP contribution < -0.4 is 10.9 Å². The minimum absolute atomic E-state index is 0.271. The number of thiazole rings is 1. The molecule has 1 aromatic carbocycles. The van der Waals surface area contributed by atoms with Gasteiger partial charge in [0.05, 0.1) is 11.3 Å². The first-order valence-electron chi connectivity index (χ1n) is 8.05. The van der Waals surface area contributed by atoms with Crippen molar-refractivity contribution in [3.63, 3.8) is 0 Å². The Morgan fingerprint density at radius 1 is 1.07 bits per heavy atom. The maximum Gasteiger partial charge on any atom is 0.335 e. The lowest BCUT2D eigenvalue weighted by Crippen LogP contribution is -2.12. The highest BCUT2D eigenvalue weighted by Gasteiger charge is 2.10. The number of pyridine rings is 1. The highest BCUT2D eigenvalue weighted by Crippen LogP contribution is 2.29. The Labute approximate surface area is 158 Å². The molecule has 7 heteroatoms. The van der Waals surface area contributed by atoms with Crippen LogP contribution in [0.15, 0.2) is 81.8 Å². The van der Waals surface area contributed by atoms with Gasteiger partial charge in [0.2, 0.25) is 0 Å². The summed E-state index contributed by atoms with van der Waals surface area (Å²) in [7, 11) is 0. The molecule has 3 heterocycles. The van der Waals surface area contributed by atoms with Crippen molar-refractivity contribution in [1.82, 2.24) is 9.97 Å². The molecule has 0 aliphatic carbocycles. The molecule has 27 heavy (non-hydrogen) atoms. The second kappa shape index (κ2) is 7.35. The third-order valence-corrected chi connectivity index (χ3v) is 4.68. The predicted molar refractivity (Wildman–Crippen MR) is 104 cm³/mol. The SMILES string of the molecule is O=C(Nc1cccc(-c2csc(-c3cccnc3)n2)c1)c1ccc(=O)oc1. The largest absolute Gasteiger partial charge is 0.430 e. The number of hydrogen-bond acceptors (Lipinski definition) is 6. The summed E-state index contributed by atoms with van der Waals surface area (Å²) in [6.45, 7) is 0. The van der Waals surface area contributed by atoms with Gasteiger partial charge in [0.15, 0.2) is 0 Å². The summed E-state index contributed by atoms with van der Waals surface area (Å²) in [6.07, 6.45) is 4.64. The summed E-state index contributed by atoms with van der Waals surface area (Å²) in [6, 6.07) is 13.9. The summed E-state index contributed by atoms with van der Waals surface area (Å²) >= 11 is 1.53. The van der Waals surface area contributed by atoms with Gasteiger partial charge in [-0.3, -0.25) is 9.78 Å². The van der Waals surface area contributed by atoms with Crippen molar-refractivity contribution in [1.29, 1.82) is 0 Å². The second-order valence-electron chi connectivity index (χ2n) is 5.66. The van der Waals surface area contributed by atoms with Crippen LogP contribution in [-0.2, 0) is 0 Å². The number of benzene rings is 1. The number of amides is 1. The molecule has 0 unspecified atom stereocenters. The quantitative estimate of drug-likeness (QED) is 0.581. The molecule has 0 fully saturated rings. The Bertz CT molecular complexity index is 1130. The standard InChI is InChI=1S/C20H13N3O3S/c24-18-7-6-15(11-26-18)19(25)22-16-5-1-3-13(9-16)17-12-27-20(23-17)14-4-2-8-21-10-14/h1-12H,(H,22,25). The van der Waals surface area contributed by atoms with Gasteiger partial charge in [0.25, 0.3) is 5.91 Å². The van der Waals surface area contributed by atoms with E-state index in [9.17, 15) is 9.59 Å². The second-order valence-corrected chi connectivity index (χ2v) is 6.52. The van der Waals surface area contributed by atoms with Crippen molar-refractivity contribution < 1.29 is 9.21 Å². The fourth-order valence-corrected chi connectivity index (χ4v) is 3.29. The van der Waals surface area contributed by atoms with Crippen molar-refractivity contribution in [3.8, 4) is 21.8 Å². The highest BCUT2D eigenvalue weighted by atomic mass is 32.1. The fourth-order valence-electron chi connectivity index (χ4n) is 2.47. The first-order chi connectivity index (χ1) is 13.2. The molecule has 1 amide bonds. The number of hydrogen-bond donors (Lipinski definition) is 1. The van der Waals surface area contributed by atoms with Crippen LogP contribution in [0.5, 0.6) is 0 Å². The van der Waals surface area contributed by atoms with Gasteiger partial charge in [0, 0.05) is 40.7 Å². The molecule has 0 aliphatic rings. The zero-order chi connectivity index (χ0) is 18.6. The number of carbonyl (C=O) groups excluding carboxylic acids is 1. The van der Waals surface area contributed by atoms with E-state index in [4.69, 9.17) is 4.42 Å². The number of carbonyl (C=O) groups is 1. The van der Waals surface area contributed by atoms with Crippen molar-refractivity contribution in [2.45, 2.75) is 0 Å². The van der Waals surface area contributed by atoms with Gasteiger partial charge in [-0.15, -0.1) is 11.3 Å². The lowest BCUT2D eigenvalue weighted by atomic mass is 10.1. The minimum atomic E-state index is -0.499. The monoisotopic (exact) mass is 375 g/mol. The third kappa shape index (κ3) is 3.83. The van der Waals surface area contributed by atoms with Gasteiger partial charge in [-0.2, -0.15) is 0 Å². The van der Waals surface area contributed by atoms with Crippen molar-refractivity contribution >= 4 is 22.9 Å². The van der Waals surface area contributed by atoms with E-state index in [-0.39, 0.29) is 11.5 Å². The molecular weight excluding hydrogens is 362 g/mol. The van der Waals surface area contributed by atoms with Crippen LogP contribution in [0.3, 0.4) is 0 Å². The lowest BCUT2D eigenvalue weighted by Gasteiger charge is -2.06. The number of aromatic nitrogens is 2. The van der Waals surface area contributed by atoms with Gasteiger partial charge in [-0.25, -0.2) is 9.78 Å². The molecule has 0 radical (unpaired) electrons. The van der Waals surface area contributed by atoms with Crippen molar-refractivity contribution in [2.75, 3.05) is 5.32 Å². The fraction of sp³-hybridized carbons (Fsp3) is 0. The van der Waals surface area contributed by atoms with E-state index >= 15 is 0 Å². The van der Waals surface area contributed by atoms with Gasteiger partial charge < -0.3 is 9.73 Å². The first kappa shape index (κ1) is 16.9. The van der Waals surface area contributed by atoms with Crippen molar-refractivity contribution in [3.05, 3.63) is 88.6 Å². The summed E-state index contributed by atoms with van der Waals surface area (Å²) in [5, 5.41) is 5.64. The Hall–Kier alpha value is -3.58. The highest BCUT2D eigenvalue weighted by molar-refractivity contribution is 7.13. The van der Waals surface area contributed by atoms with E-state index in [0.717, 1.165) is 28.1 Å². The average molecular weight is 375 g/mol. The predicted octanol–water partition coefficient (Wildman–Crippen LogP) is 4.08. The van der Waals surface area contributed by atoms with Crippen LogP contribution in [-0.4, -0.2) is 15.9 Å². The Balaban J connectivity index is 1.56. The molecule has 4 aromatic rings. The molecule has 6 nitrogen and oxygen atoms in total. The Morgan fingerprint density at radius 2 is 1.96 bits per heavy atom. The minimum Gasteiger partial charge on any atom is -0.430 e. The molecule has 0 saturated heterocycles. The summed E-state index contributed by atoms with van der Waals surface area (Å²) in [5.41, 5.74) is 3.07. The van der Waals surface area contributed by atoms with Gasteiger partial charge in [0.1, 0.15) is 11.3 Å². The van der Waals surface area contributed by atoms with Crippen LogP contribution in [0.1, 0.15) is 10.4 Å². The molecule has 0 saturated carbocycles. The zero-order valence-corrected chi connectivity index (χ0v) is 14.8. The number of rotatable bonds is 4. The maximum absolute atomic E-state index is 12.3. The third-order valence-electron chi connectivity index (χ3n) is 3.79. The summed E-state index contributed by atoms with van der Waals surface area (Å²) in [4.78, 5) is 32.0. The van der Waals surface area contributed by atoms with E-state index in [1.54, 1.807) is 18.5 Å². The smallest absolute Gasteiger partial charge is 0.335 e. The van der Waals surface area contributed by atoms with Crippen LogP contribution >= 0.6 is 11.3 Å². The van der Waals surface area contributed by atoms with Gasteiger partial charge in [-0.05, 0) is 30.3 Å². The molecule has 0 bridgehead atoms. The first-order valence-corrected chi connectivity index (χ1v) is 8.93. The molecule has 0 aliphatic heterocycles.